The molecule has 104 valence electrons. The Morgan fingerprint density at radius 2 is 2.11 bits per heavy atom. The summed E-state index contributed by atoms with van der Waals surface area (Å²) in [5, 5.41) is 0. The van der Waals surface area contributed by atoms with Crippen LogP contribution in [0.5, 0.6) is 0 Å². The molecule has 0 radical (unpaired) electrons. The molecule has 1 aliphatic heterocycles. The molecule has 3 nitrogen and oxygen atoms in total. The molecule has 3 heteroatoms. The third kappa shape index (κ3) is 2.56. The van der Waals surface area contributed by atoms with Crippen LogP contribution in [0.4, 0.5) is 0 Å². The number of carbonyl (C=O) groups excluding carboxylic acids is 1. The van der Waals surface area contributed by atoms with Gasteiger partial charge in [-0.25, -0.2) is 0 Å². The van der Waals surface area contributed by atoms with Gasteiger partial charge in [0.15, 0.2) is 0 Å². The molecule has 0 aromatic rings. The summed E-state index contributed by atoms with van der Waals surface area (Å²) in [5.41, 5.74) is 0.495. The van der Waals surface area contributed by atoms with Crippen molar-refractivity contribution in [2.45, 2.75) is 64.4 Å². The Balaban J connectivity index is 1.77. The molecule has 0 N–H and O–H groups in total. The molecule has 1 heterocycles. The van der Waals surface area contributed by atoms with Gasteiger partial charge >= 0.3 is 5.97 Å². The molecule has 2 atom stereocenters. The Hall–Kier alpha value is -0.570. The van der Waals surface area contributed by atoms with Gasteiger partial charge in [0.25, 0.3) is 0 Å². The topological polar surface area (TPSA) is 38.8 Å². The summed E-state index contributed by atoms with van der Waals surface area (Å²) in [4.78, 5) is 11.1. The number of esters is 1. The van der Waals surface area contributed by atoms with Crippen molar-refractivity contribution in [3.8, 4) is 0 Å². The van der Waals surface area contributed by atoms with E-state index in [1.165, 1.54) is 32.8 Å². The summed E-state index contributed by atoms with van der Waals surface area (Å²) in [5.74, 6) is 0.659. The van der Waals surface area contributed by atoms with E-state index in [4.69, 9.17) is 4.74 Å². The second kappa shape index (κ2) is 5.20. The summed E-state index contributed by atoms with van der Waals surface area (Å²) < 4.78 is 10.4. The van der Waals surface area contributed by atoms with Crippen molar-refractivity contribution in [3.05, 3.63) is 0 Å². The normalized spacial score (nSPS) is 33.4. The summed E-state index contributed by atoms with van der Waals surface area (Å²) in [6.07, 6.45) is 7.70. The maximum atomic E-state index is 11.1. The van der Waals surface area contributed by atoms with Gasteiger partial charge < -0.3 is 9.47 Å². The summed E-state index contributed by atoms with van der Waals surface area (Å²) >= 11 is 0. The molecular formula is C15H26O3. The fourth-order valence-electron chi connectivity index (χ4n) is 3.56. The molecule has 1 aliphatic carbocycles. The molecule has 18 heavy (non-hydrogen) atoms. The molecule has 2 aliphatic rings. The van der Waals surface area contributed by atoms with E-state index in [0.29, 0.717) is 11.8 Å². The largest absolute Gasteiger partial charge is 0.469 e. The van der Waals surface area contributed by atoms with E-state index in [1.807, 2.05) is 0 Å². The van der Waals surface area contributed by atoms with Crippen molar-refractivity contribution < 1.29 is 14.3 Å². The first kappa shape index (κ1) is 13.9. The Morgan fingerprint density at radius 3 is 2.72 bits per heavy atom. The number of methoxy groups -OCH3 is 1. The van der Waals surface area contributed by atoms with E-state index in [-0.39, 0.29) is 11.6 Å². The van der Waals surface area contributed by atoms with Crippen LogP contribution in [0.15, 0.2) is 0 Å². The molecule has 0 amide bonds. The van der Waals surface area contributed by atoms with Crippen molar-refractivity contribution in [1.82, 2.24) is 0 Å². The highest BCUT2D eigenvalue weighted by Crippen LogP contribution is 2.57. The van der Waals surface area contributed by atoms with Gasteiger partial charge in [-0.1, -0.05) is 26.7 Å². The lowest BCUT2D eigenvalue weighted by molar-refractivity contribution is -0.140. The monoisotopic (exact) mass is 254 g/mol. The van der Waals surface area contributed by atoms with Gasteiger partial charge in [0.05, 0.1) is 19.3 Å². The average molecular weight is 254 g/mol. The number of rotatable bonds is 5. The van der Waals surface area contributed by atoms with Crippen LogP contribution in [0.3, 0.4) is 0 Å². The Bertz CT molecular complexity index is 305. The molecule has 2 fully saturated rings. The summed E-state index contributed by atoms with van der Waals surface area (Å²) in [6, 6.07) is 0. The quantitative estimate of drug-likeness (QED) is 0.429. The number of hydrogen-bond donors (Lipinski definition) is 0. The lowest BCUT2D eigenvalue weighted by Gasteiger charge is -2.44. The van der Waals surface area contributed by atoms with Crippen LogP contribution in [0.1, 0.15) is 58.8 Å². The predicted octanol–water partition coefficient (Wildman–Crippen LogP) is 3.32. The second-order valence-electron chi connectivity index (χ2n) is 6.42. The van der Waals surface area contributed by atoms with Crippen molar-refractivity contribution >= 4 is 5.97 Å². The van der Waals surface area contributed by atoms with Crippen LogP contribution in [0, 0.1) is 11.3 Å². The molecule has 0 aromatic carbocycles. The van der Waals surface area contributed by atoms with Crippen LogP contribution in [-0.2, 0) is 14.3 Å². The lowest BCUT2D eigenvalue weighted by Crippen LogP contribution is -2.43. The van der Waals surface area contributed by atoms with Gasteiger partial charge in [-0.15, -0.1) is 0 Å². The van der Waals surface area contributed by atoms with Crippen molar-refractivity contribution in [3.63, 3.8) is 0 Å². The number of epoxide rings is 1. The molecule has 2 unspecified atom stereocenters. The van der Waals surface area contributed by atoms with E-state index in [9.17, 15) is 4.79 Å². The maximum absolute atomic E-state index is 11.1. The van der Waals surface area contributed by atoms with Crippen LogP contribution in [-0.4, -0.2) is 25.3 Å². The number of ether oxygens (including phenoxy) is 2. The number of carbonyl (C=O) groups is 1. The highest BCUT2D eigenvalue weighted by molar-refractivity contribution is 5.68. The van der Waals surface area contributed by atoms with Crippen molar-refractivity contribution in [2.75, 3.05) is 13.7 Å². The van der Waals surface area contributed by atoms with Crippen LogP contribution in [0.2, 0.25) is 0 Å². The average Bonchev–Trinajstić information content (AvgIpc) is 3.11. The predicted molar refractivity (Wildman–Crippen MR) is 70.3 cm³/mol. The molecular weight excluding hydrogens is 228 g/mol. The van der Waals surface area contributed by atoms with Gasteiger partial charge in [-0.3, -0.25) is 4.79 Å². The van der Waals surface area contributed by atoms with Gasteiger partial charge in [0.1, 0.15) is 0 Å². The van der Waals surface area contributed by atoms with Crippen LogP contribution in [0.25, 0.3) is 0 Å². The SMILES string of the molecule is COC(=O)CCCCC1CCCC2(CO2)C1(C)C. The van der Waals surface area contributed by atoms with E-state index in [2.05, 4.69) is 18.6 Å². The van der Waals surface area contributed by atoms with E-state index in [0.717, 1.165) is 25.4 Å². The zero-order valence-electron chi connectivity index (χ0n) is 12.0. The third-order valence-electron chi connectivity index (χ3n) is 5.23. The first-order chi connectivity index (χ1) is 8.52. The highest BCUT2D eigenvalue weighted by Gasteiger charge is 2.60. The van der Waals surface area contributed by atoms with Crippen molar-refractivity contribution in [1.29, 1.82) is 0 Å². The zero-order chi connectivity index (χ0) is 13.2. The fourth-order valence-corrected chi connectivity index (χ4v) is 3.56. The molecule has 0 aromatic heterocycles. The molecule has 1 saturated heterocycles. The highest BCUT2D eigenvalue weighted by atomic mass is 16.6. The third-order valence-corrected chi connectivity index (χ3v) is 5.23. The minimum Gasteiger partial charge on any atom is -0.469 e. The first-order valence-corrected chi connectivity index (χ1v) is 7.23. The van der Waals surface area contributed by atoms with Crippen LogP contribution < -0.4 is 0 Å². The maximum Gasteiger partial charge on any atom is 0.305 e. The van der Waals surface area contributed by atoms with Crippen molar-refractivity contribution in [2.24, 2.45) is 11.3 Å². The van der Waals surface area contributed by atoms with Gasteiger partial charge in [0, 0.05) is 6.42 Å². The van der Waals surface area contributed by atoms with Gasteiger partial charge in [0.2, 0.25) is 0 Å². The smallest absolute Gasteiger partial charge is 0.305 e. The summed E-state index contributed by atoms with van der Waals surface area (Å²) in [7, 11) is 1.46. The second-order valence-corrected chi connectivity index (χ2v) is 6.42. The summed E-state index contributed by atoms with van der Waals surface area (Å²) in [6.45, 7) is 5.69. The number of hydrogen-bond acceptors (Lipinski definition) is 3. The van der Waals surface area contributed by atoms with Gasteiger partial charge in [-0.05, 0) is 37.0 Å². The molecule has 1 spiro atoms. The minimum absolute atomic E-state index is 0.0834. The molecule has 2 rings (SSSR count). The fraction of sp³-hybridized carbons (Fsp3) is 0.933. The molecule has 1 saturated carbocycles. The Morgan fingerprint density at radius 1 is 1.39 bits per heavy atom. The van der Waals surface area contributed by atoms with Crippen LogP contribution >= 0.6 is 0 Å². The van der Waals surface area contributed by atoms with E-state index in [1.54, 1.807) is 0 Å². The Labute approximate surface area is 110 Å². The van der Waals surface area contributed by atoms with Gasteiger partial charge in [-0.2, -0.15) is 0 Å². The minimum atomic E-state index is -0.0834. The zero-order valence-corrected chi connectivity index (χ0v) is 12.0. The molecule has 0 bridgehead atoms. The first-order valence-electron chi connectivity index (χ1n) is 7.23. The van der Waals surface area contributed by atoms with E-state index >= 15 is 0 Å². The lowest BCUT2D eigenvalue weighted by atomic mass is 9.61. The standard InChI is InChI=1S/C15H26O3/c1-14(2)12(7-4-5-9-13(16)17-3)8-6-10-15(14)11-18-15/h12H,4-11H2,1-3H3. The number of unbranched alkanes of at least 4 members (excludes halogenated alkanes) is 1. The van der Waals surface area contributed by atoms with E-state index < -0.39 is 0 Å². The Kier molecular flexibility index (Phi) is 4.00.